The van der Waals surface area contributed by atoms with Crippen molar-refractivity contribution in [2.75, 3.05) is 5.32 Å². The summed E-state index contributed by atoms with van der Waals surface area (Å²) in [4.78, 5) is 4.45. The highest BCUT2D eigenvalue weighted by atomic mass is 79.9. The van der Waals surface area contributed by atoms with Crippen molar-refractivity contribution in [1.29, 1.82) is 0 Å². The molecule has 0 spiro atoms. The average Bonchev–Trinajstić information content (AvgIpc) is 3.15. The van der Waals surface area contributed by atoms with Crippen molar-refractivity contribution in [3.63, 3.8) is 0 Å². The molecule has 4 rings (SSSR count). The van der Waals surface area contributed by atoms with E-state index >= 15 is 0 Å². The molecule has 0 saturated heterocycles. The Hall–Kier alpha value is -2.67. The minimum atomic E-state index is 0.328. The molecule has 0 saturated carbocycles. The number of nitrogens with zero attached hydrogens (tertiary/aromatic N) is 4. The summed E-state index contributed by atoms with van der Waals surface area (Å²) in [5, 5.41) is 11.1. The average molecular weight is 356 g/mol. The molecule has 0 aliphatic rings. The van der Waals surface area contributed by atoms with Crippen molar-refractivity contribution in [2.45, 2.75) is 0 Å². The molecule has 22 heavy (non-hydrogen) atoms. The van der Waals surface area contributed by atoms with Gasteiger partial charge in [0.15, 0.2) is 0 Å². The number of nitrogens with one attached hydrogen (secondary N) is 1. The Morgan fingerprint density at radius 2 is 1.91 bits per heavy atom. The summed E-state index contributed by atoms with van der Waals surface area (Å²) in [7, 11) is 0. The zero-order chi connectivity index (χ0) is 14.9. The third-order valence-electron chi connectivity index (χ3n) is 3.10. The largest absolute Gasteiger partial charge is 0.401 e. The number of aromatic nitrogens is 4. The van der Waals surface area contributed by atoms with Gasteiger partial charge in [0.05, 0.1) is 0 Å². The van der Waals surface area contributed by atoms with Crippen LogP contribution in [0.4, 0.5) is 11.7 Å². The fraction of sp³-hybridized carbons (Fsp3) is 0. The molecule has 0 aliphatic carbocycles. The van der Waals surface area contributed by atoms with Gasteiger partial charge in [-0.25, -0.2) is 4.98 Å². The fourth-order valence-electron chi connectivity index (χ4n) is 2.07. The molecular formula is C15H10BrN5O. The van der Waals surface area contributed by atoms with Crippen LogP contribution in [0.5, 0.6) is 0 Å². The number of rotatable bonds is 3. The van der Waals surface area contributed by atoms with Gasteiger partial charge >= 0.3 is 6.01 Å². The highest BCUT2D eigenvalue weighted by molar-refractivity contribution is 9.10. The molecule has 0 unspecified atom stereocenters. The molecule has 0 aliphatic heterocycles. The predicted molar refractivity (Wildman–Crippen MR) is 85.9 cm³/mol. The maximum absolute atomic E-state index is 5.61. The third kappa shape index (κ3) is 2.46. The first kappa shape index (κ1) is 13.0. The van der Waals surface area contributed by atoms with Crippen molar-refractivity contribution in [2.24, 2.45) is 0 Å². The van der Waals surface area contributed by atoms with Gasteiger partial charge < -0.3 is 14.1 Å². The number of benzene rings is 1. The summed E-state index contributed by atoms with van der Waals surface area (Å²) in [5.41, 5.74) is 2.34. The van der Waals surface area contributed by atoms with E-state index in [1.165, 1.54) is 0 Å². The first-order valence-electron chi connectivity index (χ1n) is 6.58. The standard InChI is InChI=1S/C15H10BrN5O/c16-10-4-6-11(7-5-10)17-15-20-19-14(22-15)12-9-21-8-2-1-3-13(21)18-12/h1-9H,(H,17,20). The number of halogens is 1. The summed E-state index contributed by atoms with van der Waals surface area (Å²) in [6.45, 7) is 0. The minimum absolute atomic E-state index is 0.328. The van der Waals surface area contributed by atoms with Gasteiger partial charge in [-0.1, -0.05) is 27.1 Å². The summed E-state index contributed by atoms with van der Waals surface area (Å²) in [6, 6.07) is 13.8. The lowest BCUT2D eigenvalue weighted by Crippen LogP contribution is -1.89. The lowest BCUT2D eigenvalue weighted by molar-refractivity contribution is 0.585. The van der Waals surface area contributed by atoms with Crippen LogP contribution in [-0.4, -0.2) is 19.6 Å². The molecule has 0 bridgehead atoms. The van der Waals surface area contributed by atoms with Gasteiger partial charge in [-0.2, -0.15) is 0 Å². The van der Waals surface area contributed by atoms with Gasteiger partial charge in [0.25, 0.3) is 5.89 Å². The smallest absolute Gasteiger partial charge is 0.320 e. The highest BCUT2D eigenvalue weighted by Crippen LogP contribution is 2.22. The van der Waals surface area contributed by atoms with Crippen molar-refractivity contribution in [3.8, 4) is 11.6 Å². The second-order valence-corrected chi connectivity index (χ2v) is 5.55. The molecule has 1 aromatic carbocycles. The van der Waals surface area contributed by atoms with Gasteiger partial charge in [-0.15, -0.1) is 5.10 Å². The Morgan fingerprint density at radius 3 is 2.73 bits per heavy atom. The number of hydrogen-bond donors (Lipinski definition) is 1. The predicted octanol–water partition coefficient (Wildman–Crippen LogP) is 3.89. The normalized spacial score (nSPS) is 11.0. The molecule has 7 heteroatoms. The Balaban J connectivity index is 1.61. The fourth-order valence-corrected chi connectivity index (χ4v) is 2.34. The van der Waals surface area contributed by atoms with Crippen molar-refractivity contribution >= 4 is 33.3 Å². The second kappa shape index (κ2) is 5.27. The monoisotopic (exact) mass is 355 g/mol. The molecule has 1 N–H and O–H groups in total. The molecular weight excluding hydrogens is 346 g/mol. The van der Waals surface area contributed by atoms with Crippen LogP contribution in [0, 0.1) is 0 Å². The quantitative estimate of drug-likeness (QED) is 0.603. The number of imidazole rings is 1. The second-order valence-electron chi connectivity index (χ2n) is 4.64. The summed E-state index contributed by atoms with van der Waals surface area (Å²) < 4.78 is 8.52. The molecule has 0 radical (unpaired) electrons. The Kier molecular flexibility index (Phi) is 3.12. The Labute approximate surface area is 134 Å². The molecule has 0 amide bonds. The topological polar surface area (TPSA) is 68.2 Å². The van der Waals surface area contributed by atoms with E-state index < -0.39 is 0 Å². The Morgan fingerprint density at radius 1 is 1.05 bits per heavy atom. The van der Waals surface area contributed by atoms with Crippen molar-refractivity contribution in [3.05, 3.63) is 59.3 Å². The van der Waals surface area contributed by atoms with Gasteiger partial charge in [-0.3, -0.25) is 0 Å². The molecule has 108 valence electrons. The molecule has 0 atom stereocenters. The van der Waals surface area contributed by atoms with Crippen LogP contribution in [0.25, 0.3) is 17.2 Å². The maximum Gasteiger partial charge on any atom is 0.320 e. The van der Waals surface area contributed by atoms with Gasteiger partial charge in [0.1, 0.15) is 11.3 Å². The van der Waals surface area contributed by atoms with Crippen molar-refractivity contribution < 1.29 is 4.42 Å². The van der Waals surface area contributed by atoms with Crippen LogP contribution in [-0.2, 0) is 0 Å². The molecule has 3 heterocycles. The van der Waals surface area contributed by atoms with Crippen LogP contribution >= 0.6 is 15.9 Å². The van der Waals surface area contributed by atoms with Crippen LogP contribution < -0.4 is 5.32 Å². The van der Waals surface area contributed by atoms with E-state index in [0.717, 1.165) is 15.8 Å². The van der Waals surface area contributed by atoms with Crippen LogP contribution in [0.3, 0.4) is 0 Å². The SMILES string of the molecule is Brc1ccc(Nc2nnc(-c3cn4ccccc4n3)o2)cc1. The summed E-state index contributed by atoms with van der Waals surface area (Å²) in [5.74, 6) is 0.378. The van der Waals surface area contributed by atoms with Gasteiger partial charge in [0.2, 0.25) is 0 Å². The van der Waals surface area contributed by atoms with E-state index in [4.69, 9.17) is 4.42 Å². The zero-order valence-electron chi connectivity index (χ0n) is 11.3. The lowest BCUT2D eigenvalue weighted by Gasteiger charge is -1.99. The lowest BCUT2D eigenvalue weighted by atomic mass is 10.3. The van der Waals surface area contributed by atoms with Gasteiger partial charge in [-0.05, 0) is 36.4 Å². The van der Waals surface area contributed by atoms with Crippen LogP contribution in [0.15, 0.2) is 63.7 Å². The number of anilines is 2. The van der Waals surface area contributed by atoms with Gasteiger partial charge in [0, 0.05) is 22.6 Å². The van der Waals surface area contributed by atoms with Crippen molar-refractivity contribution in [1.82, 2.24) is 19.6 Å². The number of hydrogen-bond acceptors (Lipinski definition) is 5. The molecule has 3 aromatic heterocycles. The van der Waals surface area contributed by atoms with Crippen LogP contribution in [0.2, 0.25) is 0 Å². The van der Waals surface area contributed by atoms with E-state index in [0.29, 0.717) is 17.6 Å². The van der Waals surface area contributed by atoms with E-state index in [-0.39, 0.29) is 0 Å². The number of pyridine rings is 1. The zero-order valence-corrected chi connectivity index (χ0v) is 12.9. The first-order valence-corrected chi connectivity index (χ1v) is 7.37. The molecule has 0 fully saturated rings. The first-order chi connectivity index (χ1) is 10.8. The van der Waals surface area contributed by atoms with E-state index in [2.05, 4.69) is 36.4 Å². The summed E-state index contributed by atoms with van der Waals surface area (Å²) in [6.07, 6.45) is 3.77. The van der Waals surface area contributed by atoms with E-state index in [1.807, 2.05) is 59.3 Å². The van der Waals surface area contributed by atoms with Crippen LogP contribution in [0.1, 0.15) is 0 Å². The third-order valence-corrected chi connectivity index (χ3v) is 3.63. The maximum atomic E-state index is 5.61. The Bertz CT molecular complexity index is 895. The minimum Gasteiger partial charge on any atom is -0.401 e. The van der Waals surface area contributed by atoms with E-state index in [9.17, 15) is 0 Å². The number of fused-ring (bicyclic) bond motifs is 1. The van der Waals surface area contributed by atoms with E-state index in [1.54, 1.807) is 0 Å². The molecule has 4 aromatic rings. The molecule has 6 nitrogen and oxygen atoms in total. The summed E-state index contributed by atoms with van der Waals surface area (Å²) >= 11 is 3.39. The highest BCUT2D eigenvalue weighted by Gasteiger charge is 2.12.